The van der Waals surface area contributed by atoms with Crippen LogP contribution in [0.15, 0.2) is 69.6 Å². The number of ether oxygens (including phenoxy) is 2. The van der Waals surface area contributed by atoms with Crippen LogP contribution in [0, 0.1) is 0 Å². The molecule has 0 aliphatic carbocycles. The summed E-state index contributed by atoms with van der Waals surface area (Å²) in [4.78, 5) is 45.5. The molecular weight excluding hydrogens is 502 g/mol. The van der Waals surface area contributed by atoms with Crippen LogP contribution in [0.5, 0.6) is 5.75 Å². The predicted octanol–water partition coefficient (Wildman–Crippen LogP) is 3.57. The molecule has 1 aromatic heterocycles. The molecule has 0 amide bonds. The molecule has 8 nitrogen and oxygen atoms in total. The van der Waals surface area contributed by atoms with Gasteiger partial charge >= 0.3 is 11.9 Å². The van der Waals surface area contributed by atoms with Gasteiger partial charge < -0.3 is 14.4 Å². The van der Waals surface area contributed by atoms with E-state index >= 15 is 0 Å². The first kappa shape index (κ1) is 27.1. The predicted molar refractivity (Wildman–Crippen MR) is 148 cm³/mol. The smallest absolute Gasteiger partial charge is 0.338 e. The Balaban J connectivity index is 1.83. The normalized spacial score (nSPS) is 15.1. The van der Waals surface area contributed by atoms with E-state index in [4.69, 9.17) is 9.47 Å². The van der Waals surface area contributed by atoms with Crippen LogP contribution in [-0.4, -0.2) is 36.2 Å². The molecule has 4 rings (SSSR count). The Hall–Kier alpha value is -3.98. The van der Waals surface area contributed by atoms with Gasteiger partial charge in [0.15, 0.2) is 4.80 Å². The average molecular weight is 534 g/mol. The quantitative estimate of drug-likeness (QED) is 0.325. The molecule has 1 aliphatic heterocycles. The van der Waals surface area contributed by atoms with Gasteiger partial charge in [0.25, 0.3) is 5.56 Å². The van der Waals surface area contributed by atoms with Crippen molar-refractivity contribution in [1.29, 1.82) is 0 Å². The summed E-state index contributed by atoms with van der Waals surface area (Å²) in [5.41, 5.74) is 3.25. The van der Waals surface area contributed by atoms with Gasteiger partial charge in [0.1, 0.15) is 5.75 Å². The van der Waals surface area contributed by atoms with Gasteiger partial charge in [-0.25, -0.2) is 9.79 Å². The molecule has 0 spiro atoms. The Morgan fingerprint density at radius 3 is 2.29 bits per heavy atom. The Bertz CT molecular complexity index is 1550. The summed E-state index contributed by atoms with van der Waals surface area (Å²) >= 11 is 1.28. The van der Waals surface area contributed by atoms with E-state index in [1.54, 1.807) is 42.7 Å². The van der Waals surface area contributed by atoms with E-state index in [2.05, 4.69) is 23.7 Å². The lowest BCUT2D eigenvalue weighted by Crippen LogP contribution is -2.39. The van der Waals surface area contributed by atoms with Crippen LogP contribution < -0.4 is 24.5 Å². The minimum atomic E-state index is -0.733. The number of carbonyl (C=O) groups excluding carboxylic acids is 2. The van der Waals surface area contributed by atoms with Crippen LogP contribution in [0.2, 0.25) is 0 Å². The molecular formula is C29H31N3O5S. The maximum atomic E-state index is 13.7. The van der Waals surface area contributed by atoms with Crippen molar-refractivity contribution >= 4 is 35.0 Å². The summed E-state index contributed by atoms with van der Waals surface area (Å²) in [6.07, 6.45) is 1.85. The molecule has 0 bridgehead atoms. The van der Waals surface area contributed by atoms with Crippen molar-refractivity contribution in [2.24, 2.45) is 4.99 Å². The van der Waals surface area contributed by atoms with E-state index in [1.165, 1.54) is 18.3 Å². The van der Waals surface area contributed by atoms with Gasteiger partial charge in [-0.05, 0) is 69.2 Å². The molecule has 0 saturated carbocycles. The van der Waals surface area contributed by atoms with Crippen molar-refractivity contribution in [1.82, 2.24) is 4.57 Å². The molecule has 0 radical (unpaired) electrons. The van der Waals surface area contributed by atoms with Crippen LogP contribution in [0.1, 0.15) is 51.8 Å². The Kier molecular flexibility index (Phi) is 8.26. The lowest BCUT2D eigenvalue weighted by molar-refractivity contribution is -0.139. The summed E-state index contributed by atoms with van der Waals surface area (Å²) in [6.45, 7) is 11.1. The third kappa shape index (κ3) is 5.47. The third-order valence-electron chi connectivity index (χ3n) is 6.29. The number of rotatable bonds is 8. The van der Waals surface area contributed by atoms with Crippen molar-refractivity contribution in [3.63, 3.8) is 0 Å². The monoisotopic (exact) mass is 533 g/mol. The number of carbonyl (C=O) groups is 2. The van der Waals surface area contributed by atoms with Gasteiger partial charge in [-0.2, -0.15) is 0 Å². The van der Waals surface area contributed by atoms with Gasteiger partial charge in [-0.15, -0.1) is 0 Å². The highest BCUT2D eigenvalue weighted by Crippen LogP contribution is 2.31. The number of allylic oxidation sites excluding steroid dienone is 1. The van der Waals surface area contributed by atoms with E-state index in [-0.39, 0.29) is 12.2 Å². The summed E-state index contributed by atoms with van der Waals surface area (Å²) in [5.74, 6) is -0.580. The molecule has 1 atom stereocenters. The lowest BCUT2D eigenvalue weighted by Gasteiger charge is -2.24. The van der Waals surface area contributed by atoms with Gasteiger partial charge in [-0.3, -0.25) is 14.2 Å². The first-order valence-corrected chi connectivity index (χ1v) is 13.4. The zero-order chi connectivity index (χ0) is 27.4. The second-order valence-electron chi connectivity index (χ2n) is 8.73. The van der Waals surface area contributed by atoms with E-state index in [0.717, 1.165) is 24.3 Å². The van der Waals surface area contributed by atoms with E-state index in [0.29, 0.717) is 31.9 Å². The fourth-order valence-corrected chi connectivity index (χ4v) is 5.56. The number of hydrogen-bond acceptors (Lipinski definition) is 8. The van der Waals surface area contributed by atoms with Crippen molar-refractivity contribution in [3.8, 4) is 5.75 Å². The third-order valence-corrected chi connectivity index (χ3v) is 7.28. The highest BCUT2D eigenvalue weighted by atomic mass is 32.1. The molecule has 3 aromatic rings. The fourth-order valence-electron chi connectivity index (χ4n) is 4.51. The zero-order valence-corrected chi connectivity index (χ0v) is 23.0. The highest BCUT2D eigenvalue weighted by molar-refractivity contribution is 7.07. The van der Waals surface area contributed by atoms with Crippen LogP contribution in [0.25, 0.3) is 6.08 Å². The summed E-state index contributed by atoms with van der Waals surface area (Å²) in [6, 6.07) is 14.1. The standard InChI is InChI=1S/C29H31N3O5S/c1-6-31(7-2)22-13-9-20(10-14-22)17-24-27(34)32-26(21-11-15-23(16-12-21)37-19(5)33)25(28(35)36-8-3)18(4)30-29(32)38-24/h9-17,26H,6-8H2,1-5H3/b24-17+/t26-/m0/s1. The topological polar surface area (TPSA) is 90.2 Å². The minimum absolute atomic E-state index is 0.196. The van der Waals surface area contributed by atoms with Crippen molar-refractivity contribution in [2.75, 3.05) is 24.6 Å². The summed E-state index contributed by atoms with van der Waals surface area (Å²) < 4.78 is 12.5. The lowest BCUT2D eigenvalue weighted by atomic mass is 9.96. The number of esters is 2. The zero-order valence-electron chi connectivity index (χ0n) is 22.2. The van der Waals surface area contributed by atoms with Crippen molar-refractivity contribution < 1.29 is 19.1 Å². The Morgan fingerprint density at radius 2 is 1.71 bits per heavy atom. The molecule has 198 valence electrons. The van der Waals surface area contributed by atoms with E-state index < -0.39 is 18.0 Å². The number of fused-ring (bicyclic) bond motifs is 1. The largest absolute Gasteiger partial charge is 0.463 e. The average Bonchev–Trinajstić information content (AvgIpc) is 3.19. The van der Waals surface area contributed by atoms with Gasteiger partial charge in [-0.1, -0.05) is 35.6 Å². The molecule has 38 heavy (non-hydrogen) atoms. The number of thiazole rings is 1. The molecule has 2 aromatic carbocycles. The number of benzene rings is 2. The molecule has 0 unspecified atom stereocenters. The van der Waals surface area contributed by atoms with Crippen LogP contribution in [0.3, 0.4) is 0 Å². The first-order valence-electron chi connectivity index (χ1n) is 12.6. The molecule has 0 saturated heterocycles. The minimum Gasteiger partial charge on any atom is -0.463 e. The van der Waals surface area contributed by atoms with Gasteiger partial charge in [0, 0.05) is 25.7 Å². The second kappa shape index (κ2) is 11.6. The van der Waals surface area contributed by atoms with Crippen LogP contribution >= 0.6 is 11.3 Å². The fraction of sp³-hybridized carbons (Fsp3) is 0.310. The van der Waals surface area contributed by atoms with E-state index in [9.17, 15) is 14.4 Å². The Morgan fingerprint density at radius 1 is 1.05 bits per heavy atom. The Labute approximate surface area is 225 Å². The molecule has 2 heterocycles. The first-order chi connectivity index (χ1) is 18.3. The summed E-state index contributed by atoms with van der Waals surface area (Å²) in [7, 11) is 0. The van der Waals surface area contributed by atoms with Crippen molar-refractivity contribution in [2.45, 2.75) is 40.7 Å². The van der Waals surface area contributed by atoms with Crippen LogP contribution in [0.4, 0.5) is 5.69 Å². The number of nitrogens with zero attached hydrogens (tertiary/aromatic N) is 3. The number of aromatic nitrogens is 1. The maximum absolute atomic E-state index is 13.7. The molecule has 9 heteroatoms. The number of hydrogen-bond donors (Lipinski definition) is 0. The number of anilines is 1. The molecule has 0 fully saturated rings. The van der Waals surface area contributed by atoms with Crippen LogP contribution in [-0.2, 0) is 14.3 Å². The SMILES string of the molecule is CCOC(=O)C1=C(C)N=c2s/c(=C/c3ccc(N(CC)CC)cc3)c(=O)n2[C@H]1c1ccc(OC(C)=O)cc1. The summed E-state index contributed by atoms with van der Waals surface area (Å²) in [5, 5.41) is 0. The van der Waals surface area contributed by atoms with E-state index in [1.807, 2.05) is 30.3 Å². The van der Waals surface area contributed by atoms with Gasteiger partial charge in [0.05, 0.1) is 28.5 Å². The maximum Gasteiger partial charge on any atom is 0.338 e. The molecule has 1 aliphatic rings. The second-order valence-corrected chi connectivity index (χ2v) is 9.74. The van der Waals surface area contributed by atoms with Crippen molar-refractivity contribution in [3.05, 3.63) is 90.6 Å². The molecule has 0 N–H and O–H groups in total. The van der Waals surface area contributed by atoms with Gasteiger partial charge in [0.2, 0.25) is 0 Å². The highest BCUT2D eigenvalue weighted by Gasteiger charge is 2.33.